The second kappa shape index (κ2) is 6.33. The number of benzene rings is 2. The Morgan fingerprint density at radius 3 is 2.68 bits per heavy atom. The molecule has 3 aromatic rings. The molecule has 0 aliphatic heterocycles. The highest BCUT2D eigenvalue weighted by Gasteiger charge is 2.17. The molecule has 0 fully saturated rings. The van der Waals surface area contributed by atoms with Crippen LogP contribution in [-0.4, -0.2) is 11.5 Å². The first kappa shape index (κ1) is 15.4. The van der Waals surface area contributed by atoms with Crippen LogP contribution in [0.15, 0.2) is 42.6 Å². The summed E-state index contributed by atoms with van der Waals surface area (Å²) in [6.45, 7) is 2.67. The van der Waals surface area contributed by atoms with Gasteiger partial charge < -0.3 is 10.7 Å². The van der Waals surface area contributed by atoms with Crippen molar-refractivity contribution in [2.24, 2.45) is 5.73 Å². The van der Waals surface area contributed by atoms with Gasteiger partial charge in [-0.1, -0.05) is 40.9 Å². The minimum Gasteiger partial charge on any atom is -0.361 e. The Morgan fingerprint density at radius 2 is 1.95 bits per heavy atom. The molecular formula is C18H18Cl2N2. The fraction of sp³-hybridized carbons (Fsp3) is 0.222. The fourth-order valence-corrected chi connectivity index (χ4v) is 3.35. The Bertz CT molecular complexity index is 808. The number of nitrogens with one attached hydrogen (secondary N) is 1. The maximum absolute atomic E-state index is 6.30. The van der Waals surface area contributed by atoms with Gasteiger partial charge in [-0.2, -0.15) is 0 Å². The molecular weight excluding hydrogens is 315 g/mol. The lowest BCUT2D eigenvalue weighted by Crippen LogP contribution is -2.15. The molecule has 0 amide bonds. The van der Waals surface area contributed by atoms with Crippen molar-refractivity contribution in [3.63, 3.8) is 0 Å². The van der Waals surface area contributed by atoms with Gasteiger partial charge in [0.15, 0.2) is 0 Å². The van der Waals surface area contributed by atoms with E-state index in [2.05, 4.69) is 36.3 Å². The average molecular weight is 333 g/mol. The molecule has 0 radical (unpaired) electrons. The average Bonchev–Trinajstić information content (AvgIpc) is 2.89. The van der Waals surface area contributed by atoms with E-state index in [-0.39, 0.29) is 5.92 Å². The van der Waals surface area contributed by atoms with Crippen molar-refractivity contribution in [1.82, 2.24) is 4.98 Å². The fourth-order valence-electron chi connectivity index (χ4n) is 2.87. The predicted molar refractivity (Wildman–Crippen MR) is 95.0 cm³/mol. The van der Waals surface area contributed by atoms with Gasteiger partial charge in [-0.3, -0.25) is 0 Å². The SMILES string of the molecule is Cc1ccc2[nH]cc(C(CN)Cc3ccc(Cl)cc3Cl)c2c1. The lowest BCUT2D eigenvalue weighted by molar-refractivity contribution is 0.699. The van der Waals surface area contributed by atoms with E-state index in [1.54, 1.807) is 6.07 Å². The standard InChI is InChI=1S/C18H18Cl2N2/c1-11-2-5-18-15(6-11)16(10-22-18)13(9-21)7-12-3-4-14(19)8-17(12)20/h2-6,8,10,13,22H,7,9,21H2,1H3. The minimum atomic E-state index is 0.217. The van der Waals surface area contributed by atoms with Gasteiger partial charge in [0.05, 0.1) is 0 Å². The lowest BCUT2D eigenvalue weighted by atomic mass is 9.91. The van der Waals surface area contributed by atoms with Crippen LogP contribution in [0.25, 0.3) is 10.9 Å². The number of hydrogen-bond donors (Lipinski definition) is 2. The molecule has 2 aromatic carbocycles. The first-order valence-electron chi connectivity index (χ1n) is 7.30. The van der Waals surface area contributed by atoms with E-state index in [0.29, 0.717) is 16.6 Å². The lowest BCUT2D eigenvalue weighted by Gasteiger charge is -2.15. The molecule has 2 nitrogen and oxygen atoms in total. The van der Waals surface area contributed by atoms with Crippen LogP contribution in [0.4, 0.5) is 0 Å². The normalized spacial score (nSPS) is 12.7. The molecule has 3 N–H and O–H groups in total. The molecule has 1 aromatic heterocycles. The highest BCUT2D eigenvalue weighted by molar-refractivity contribution is 6.35. The molecule has 22 heavy (non-hydrogen) atoms. The van der Waals surface area contributed by atoms with Crippen LogP contribution in [0.5, 0.6) is 0 Å². The van der Waals surface area contributed by atoms with Crippen LogP contribution in [0.3, 0.4) is 0 Å². The van der Waals surface area contributed by atoms with Crippen LogP contribution >= 0.6 is 23.2 Å². The van der Waals surface area contributed by atoms with E-state index in [9.17, 15) is 0 Å². The highest BCUT2D eigenvalue weighted by atomic mass is 35.5. The van der Waals surface area contributed by atoms with Crippen LogP contribution in [0.1, 0.15) is 22.6 Å². The molecule has 0 bridgehead atoms. The van der Waals surface area contributed by atoms with E-state index >= 15 is 0 Å². The number of halogens is 2. The highest BCUT2D eigenvalue weighted by Crippen LogP contribution is 2.31. The second-order valence-corrected chi connectivity index (χ2v) is 6.51. The van der Waals surface area contributed by atoms with Crippen molar-refractivity contribution in [2.45, 2.75) is 19.3 Å². The number of hydrogen-bond acceptors (Lipinski definition) is 1. The molecule has 1 atom stereocenters. The summed E-state index contributed by atoms with van der Waals surface area (Å²) < 4.78 is 0. The predicted octanol–water partition coefficient (Wildman–Crippen LogP) is 5.07. The molecule has 0 saturated heterocycles. The maximum atomic E-state index is 6.30. The number of rotatable bonds is 4. The summed E-state index contributed by atoms with van der Waals surface area (Å²) in [6.07, 6.45) is 2.86. The van der Waals surface area contributed by atoms with Crippen molar-refractivity contribution in [1.29, 1.82) is 0 Å². The van der Waals surface area contributed by atoms with Crippen LogP contribution in [0, 0.1) is 6.92 Å². The van der Waals surface area contributed by atoms with Gasteiger partial charge in [-0.25, -0.2) is 0 Å². The van der Waals surface area contributed by atoms with Crippen molar-refractivity contribution in [3.05, 3.63) is 69.3 Å². The molecule has 0 aliphatic carbocycles. The van der Waals surface area contributed by atoms with Crippen molar-refractivity contribution >= 4 is 34.1 Å². The van der Waals surface area contributed by atoms with Crippen LogP contribution in [-0.2, 0) is 6.42 Å². The molecule has 0 spiro atoms. The van der Waals surface area contributed by atoms with Gasteiger partial charge in [0.2, 0.25) is 0 Å². The Kier molecular flexibility index (Phi) is 4.44. The number of nitrogens with two attached hydrogens (primary N) is 1. The third kappa shape index (κ3) is 3.00. The summed E-state index contributed by atoms with van der Waals surface area (Å²) in [4.78, 5) is 3.33. The zero-order chi connectivity index (χ0) is 15.7. The molecule has 0 aliphatic rings. The van der Waals surface area contributed by atoms with Gasteiger partial charge in [0.25, 0.3) is 0 Å². The Labute approximate surface area is 140 Å². The third-order valence-corrected chi connectivity index (χ3v) is 4.66. The number of H-pyrrole nitrogens is 1. The summed E-state index contributed by atoms with van der Waals surface area (Å²) in [5, 5.41) is 2.59. The molecule has 1 unspecified atom stereocenters. The number of aryl methyl sites for hydroxylation is 1. The number of fused-ring (bicyclic) bond motifs is 1. The van der Waals surface area contributed by atoms with Crippen molar-refractivity contribution in [2.75, 3.05) is 6.54 Å². The van der Waals surface area contributed by atoms with Gasteiger partial charge in [-0.15, -0.1) is 0 Å². The Balaban J connectivity index is 1.97. The Morgan fingerprint density at radius 1 is 1.14 bits per heavy atom. The first-order chi connectivity index (χ1) is 10.6. The quantitative estimate of drug-likeness (QED) is 0.688. The van der Waals surface area contributed by atoms with Crippen molar-refractivity contribution < 1.29 is 0 Å². The third-order valence-electron chi connectivity index (χ3n) is 4.08. The molecule has 3 rings (SSSR count). The van der Waals surface area contributed by atoms with Gasteiger partial charge >= 0.3 is 0 Å². The van der Waals surface area contributed by atoms with Crippen LogP contribution < -0.4 is 5.73 Å². The van der Waals surface area contributed by atoms with E-state index in [1.807, 2.05) is 12.1 Å². The van der Waals surface area contributed by atoms with Gasteiger partial charge in [-0.05, 0) is 55.3 Å². The molecule has 0 saturated carbocycles. The number of aromatic nitrogens is 1. The zero-order valence-corrected chi connectivity index (χ0v) is 13.9. The van der Waals surface area contributed by atoms with Gasteiger partial charge in [0.1, 0.15) is 0 Å². The van der Waals surface area contributed by atoms with E-state index in [0.717, 1.165) is 17.5 Å². The summed E-state index contributed by atoms with van der Waals surface area (Å²) in [5.41, 5.74) is 10.7. The second-order valence-electron chi connectivity index (χ2n) is 5.67. The Hall–Kier alpha value is -1.48. The number of aromatic amines is 1. The zero-order valence-electron chi connectivity index (χ0n) is 12.4. The van der Waals surface area contributed by atoms with Crippen LogP contribution in [0.2, 0.25) is 10.0 Å². The summed E-state index contributed by atoms with van der Waals surface area (Å²) >= 11 is 12.3. The van der Waals surface area contributed by atoms with Gasteiger partial charge in [0, 0.05) is 33.1 Å². The minimum absolute atomic E-state index is 0.217. The summed E-state index contributed by atoms with van der Waals surface area (Å²) in [5.74, 6) is 0.217. The monoisotopic (exact) mass is 332 g/mol. The van der Waals surface area contributed by atoms with E-state index < -0.39 is 0 Å². The van der Waals surface area contributed by atoms with E-state index in [4.69, 9.17) is 28.9 Å². The van der Waals surface area contributed by atoms with E-state index in [1.165, 1.54) is 16.5 Å². The first-order valence-corrected chi connectivity index (χ1v) is 8.05. The molecule has 114 valence electrons. The largest absolute Gasteiger partial charge is 0.361 e. The topological polar surface area (TPSA) is 41.8 Å². The smallest absolute Gasteiger partial charge is 0.0457 e. The summed E-state index contributed by atoms with van der Waals surface area (Å²) in [7, 11) is 0. The maximum Gasteiger partial charge on any atom is 0.0457 e. The molecule has 4 heteroatoms. The van der Waals surface area contributed by atoms with Crippen molar-refractivity contribution in [3.8, 4) is 0 Å². The molecule has 1 heterocycles. The summed E-state index contributed by atoms with van der Waals surface area (Å²) in [6, 6.07) is 12.1.